The van der Waals surface area contributed by atoms with Gasteiger partial charge in [0.25, 0.3) is 0 Å². The zero-order chi connectivity index (χ0) is 17.5. The zero-order valence-electron chi connectivity index (χ0n) is 14.0. The van der Waals surface area contributed by atoms with Crippen LogP contribution in [0.3, 0.4) is 0 Å². The maximum atomic E-state index is 12.5. The second-order valence-electron chi connectivity index (χ2n) is 5.69. The van der Waals surface area contributed by atoms with Crippen LogP contribution in [-0.4, -0.2) is 54.6 Å². The number of nitrogens with one attached hydrogen (secondary N) is 2. The highest BCUT2D eigenvalue weighted by atomic mass is 32.2. The van der Waals surface area contributed by atoms with Crippen molar-refractivity contribution in [3.8, 4) is 0 Å². The van der Waals surface area contributed by atoms with E-state index in [0.29, 0.717) is 18.8 Å². The number of rotatable bonds is 6. The molecule has 1 aromatic carbocycles. The summed E-state index contributed by atoms with van der Waals surface area (Å²) in [5, 5.41) is 5.22. The van der Waals surface area contributed by atoms with E-state index >= 15 is 0 Å². The Kier molecular flexibility index (Phi) is 6.66. The molecular weight excluding hydrogens is 326 g/mol. The van der Waals surface area contributed by atoms with E-state index in [9.17, 15) is 14.4 Å². The Bertz CT molecular complexity index is 621. The first-order valence-corrected chi connectivity index (χ1v) is 9.08. The fraction of sp³-hybridized carbons (Fsp3) is 0.471. The molecule has 1 aliphatic rings. The SMILES string of the molecule is CNC(=O)CC1C(=O)NCCN1C(=O)CSCc1ccccc1C. The van der Waals surface area contributed by atoms with E-state index in [4.69, 9.17) is 0 Å². The number of amides is 3. The normalized spacial score (nSPS) is 17.3. The molecule has 7 heteroatoms. The van der Waals surface area contributed by atoms with Gasteiger partial charge in [-0.15, -0.1) is 11.8 Å². The molecule has 0 bridgehead atoms. The second-order valence-corrected chi connectivity index (χ2v) is 6.68. The van der Waals surface area contributed by atoms with E-state index in [1.807, 2.05) is 25.1 Å². The molecule has 24 heavy (non-hydrogen) atoms. The highest BCUT2D eigenvalue weighted by Gasteiger charge is 2.34. The molecule has 6 nitrogen and oxygen atoms in total. The van der Waals surface area contributed by atoms with E-state index < -0.39 is 6.04 Å². The van der Waals surface area contributed by atoms with Gasteiger partial charge in [-0.1, -0.05) is 24.3 Å². The maximum Gasteiger partial charge on any atom is 0.243 e. The quantitative estimate of drug-likeness (QED) is 0.792. The molecule has 0 aliphatic carbocycles. The molecule has 3 amide bonds. The Hall–Kier alpha value is -2.02. The van der Waals surface area contributed by atoms with Crippen LogP contribution in [0.2, 0.25) is 0 Å². The number of hydrogen-bond donors (Lipinski definition) is 2. The van der Waals surface area contributed by atoms with Gasteiger partial charge in [0.1, 0.15) is 6.04 Å². The molecule has 0 saturated carbocycles. The third-order valence-electron chi connectivity index (χ3n) is 4.05. The predicted molar refractivity (Wildman–Crippen MR) is 94.5 cm³/mol. The van der Waals surface area contributed by atoms with Crippen molar-refractivity contribution < 1.29 is 14.4 Å². The largest absolute Gasteiger partial charge is 0.359 e. The number of hydrogen-bond acceptors (Lipinski definition) is 4. The van der Waals surface area contributed by atoms with Crippen molar-refractivity contribution in [1.29, 1.82) is 0 Å². The molecular formula is C17H23N3O3S. The molecule has 0 aromatic heterocycles. The van der Waals surface area contributed by atoms with Crippen molar-refractivity contribution in [3.05, 3.63) is 35.4 Å². The van der Waals surface area contributed by atoms with E-state index in [1.54, 1.807) is 0 Å². The minimum Gasteiger partial charge on any atom is -0.359 e. The molecule has 0 radical (unpaired) electrons. The summed E-state index contributed by atoms with van der Waals surface area (Å²) < 4.78 is 0. The average molecular weight is 349 g/mol. The minimum absolute atomic E-state index is 0.00344. The van der Waals surface area contributed by atoms with Crippen LogP contribution in [0.5, 0.6) is 0 Å². The smallest absolute Gasteiger partial charge is 0.243 e. The molecule has 1 heterocycles. The lowest BCUT2D eigenvalue weighted by atomic mass is 10.1. The van der Waals surface area contributed by atoms with E-state index in [0.717, 1.165) is 5.75 Å². The summed E-state index contributed by atoms with van der Waals surface area (Å²) in [5.74, 6) is 0.437. The third kappa shape index (κ3) is 4.74. The lowest BCUT2D eigenvalue weighted by Crippen LogP contribution is -2.58. The van der Waals surface area contributed by atoms with Gasteiger partial charge in [-0.2, -0.15) is 0 Å². The summed E-state index contributed by atoms with van der Waals surface area (Å²) in [4.78, 5) is 37.6. The van der Waals surface area contributed by atoms with Crippen LogP contribution in [0.15, 0.2) is 24.3 Å². The highest BCUT2D eigenvalue weighted by Crippen LogP contribution is 2.18. The fourth-order valence-corrected chi connectivity index (χ4v) is 3.58. The van der Waals surface area contributed by atoms with Gasteiger partial charge in [-0.3, -0.25) is 14.4 Å². The molecule has 1 atom stereocenters. The summed E-state index contributed by atoms with van der Waals surface area (Å²) in [5.41, 5.74) is 2.40. The maximum absolute atomic E-state index is 12.5. The van der Waals surface area contributed by atoms with E-state index in [2.05, 4.69) is 16.7 Å². The number of piperazine rings is 1. The second kappa shape index (κ2) is 8.73. The summed E-state index contributed by atoms with van der Waals surface area (Å²) in [6.07, 6.45) is -0.00344. The van der Waals surface area contributed by atoms with Crippen LogP contribution in [-0.2, 0) is 20.1 Å². The lowest BCUT2D eigenvalue weighted by molar-refractivity contribution is -0.143. The van der Waals surface area contributed by atoms with Crippen LogP contribution < -0.4 is 10.6 Å². The van der Waals surface area contributed by atoms with Gasteiger partial charge in [-0.05, 0) is 18.1 Å². The molecule has 1 unspecified atom stereocenters. The fourth-order valence-electron chi connectivity index (χ4n) is 2.60. The van der Waals surface area contributed by atoms with Crippen molar-refractivity contribution in [2.45, 2.75) is 25.1 Å². The standard InChI is InChI=1S/C17H23N3O3S/c1-12-5-3-4-6-13(12)10-24-11-16(22)20-8-7-19-17(23)14(20)9-15(21)18-2/h3-6,14H,7-11H2,1-2H3,(H,18,21)(H,19,23). The molecule has 1 aliphatic heterocycles. The van der Waals surface area contributed by atoms with Crippen molar-refractivity contribution in [1.82, 2.24) is 15.5 Å². The average Bonchev–Trinajstić information content (AvgIpc) is 2.58. The van der Waals surface area contributed by atoms with Gasteiger partial charge in [0.15, 0.2) is 0 Å². The first-order chi connectivity index (χ1) is 11.5. The number of carbonyl (C=O) groups excluding carboxylic acids is 3. The van der Waals surface area contributed by atoms with Crippen LogP contribution in [0, 0.1) is 6.92 Å². The molecule has 2 rings (SSSR count). The van der Waals surface area contributed by atoms with Crippen molar-refractivity contribution >= 4 is 29.5 Å². The molecule has 1 aromatic rings. The highest BCUT2D eigenvalue weighted by molar-refractivity contribution is 7.99. The van der Waals surface area contributed by atoms with Gasteiger partial charge < -0.3 is 15.5 Å². The molecule has 1 fully saturated rings. The van der Waals surface area contributed by atoms with E-state index in [1.165, 1.54) is 34.8 Å². The van der Waals surface area contributed by atoms with Crippen LogP contribution in [0.25, 0.3) is 0 Å². The lowest BCUT2D eigenvalue weighted by Gasteiger charge is -2.34. The Morgan fingerprint density at radius 1 is 1.38 bits per heavy atom. The zero-order valence-corrected chi connectivity index (χ0v) is 14.8. The third-order valence-corrected chi connectivity index (χ3v) is 5.02. The van der Waals surface area contributed by atoms with Crippen molar-refractivity contribution in [2.24, 2.45) is 0 Å². The summed E-state index contributed by atoms with van der Waals surface area (Å²) >= 11 is 1.53. The first-order valence-electron chi connectivity index (χ1n) is 7.93. The Morgan fingerprint density at radius 3 is 2.83 bits per heavy atom. The number of aryl methyl sites for hydroxylation is 1. The number of nitrogens with zero attached hydrogens (tertiary/aromatic N) is 1. The summed E-state index contributed by atoms with van der Waals surface area (Å²) in [6.45, 7) is 2.92. The van der Waals surface area contributed by atoms with Gasteiger partial charge in [0, 0.05) is 25.9 Å². The van der Waals surface area contributed by atoms with Crippen LogP contribution in [0.4, 0.5) is 0 Å². The Balaban J connectivity index is 1.92. The number of carbonyl (C=O) groups is 3. The Labute approximate surface area is 146 Å². The van der Waals surface area contributed by atoms with Gasteiger partial charge in [-0.25, -0.2) is 0 Å². The minimum atomic E-state index is -0.717. The van der Waals surface area contributed by atoms with Crippen LogP contribution >= 0.6 is 11.8 Å². The van der Waals surface area contributed by atoms with Crippen LogP contribution in [0.1, 0.15) is 17.5 Å². The van der Waals surface area contributed by atoms with Gasteiger partial charge in [0.2, 0.25) is 17.7 Å². The number of thioether (sulfide) groups is 1. The Morgan fingerprint density at radius 2 is 2.12 bits per heavy atom. The molecule has 130 valence electrons. The number of benzene rings is 1. The summed E-state index contributed by atoms with van der Waals surface area (Å²) in [7, 11) is 1.52. The molecule has 1 saturated heterocycles. The topological polar surface area (TPSA) is 78.5 Å². The first kappa shape index (κ1) is 18.3. The van der Waals surface area contributed by atoms with E-state index in [-0.39, 0.29) is 24.1 Å². The van der Waals surface area contributed by atoms with Crippen molar-refractivity contribution in [2.75, 3.05) is 25.9 Å². The van der Waals surface area contributed by atoms with Crippen molar-refractivity contribution in [3.63, 3.8) is 0 Å². The monoisotopic (exact) mass is 349 g/mol. The van der Waals surface area contributed by atoms with Gasteiger partial charge >= 0.3 is 0 Å². The van der Waals surface area contributed by atoms with Gasteiger partial charge in [0.05, 0.1) is 12.2 Å². The molecule has 2 N–H and O–H groups in total. The molecule has 0 spiro atoms. The predicted octanol–water partition coefficient (Wildman–Crippen LogP) is 0.691. The summed E-state index contributed by atoms with van der Waals surface area (Å²) in [6, 6.07) is 7.36.